The van der Waals surface area contributed by atoms with Gasteiger partial charge >= 0.3 is 0 Å². The number of anilines is 1. The van der Waals surface area contributed by atoms with Crippen molar-refractivity contribution in [2.24, 2.45) is 0 Å². The average molecular weight is 278 g/mol. The Kier molecular flexibility index (Phi) is 3.19. The number of benzene rings is 2. The van der Waals surface area contributed by atoms with Crippen LogP contribution in [0.2, 0.25) is 10.0 Å². The fourth-order valence-electron chi connectivity index (χ4n) is 2.44. The summed E-state index contributed by atoms with van der Waals surface area (Å²) in [6.45, 7) is 1.88. The molecule has 1 heterocycles. The van der Waals surface area contributed by atoms with Crippen LogP contribution in [-0.2, 0) is 13.0 Å². The fraction of sp³-hybridized carbons (Fsp3) is 0.200. The van der Waals surface area contributed by atoms with Crippen LogP contribution >= 0.6 is 23.2 Å². The maximum atomic E-state index is 6.28. The summed E-state index contributed by atoms with van der Waals surface area (Å²) >= 11 is 12.4. The summed E-state index contributed by atoms with van der Waals surface area (Å²) in [6.07, 6.45) is 1.05. The SMILES string of the molecule is Clc1cccc(N2CCc3ccccc3C2)c1Cl. The lowest BCUT2D eigenvalue weighted by molar-refractivity contribution is 0.732. The van der Waals surface area contributed by atoms with E-state index in [-0.39, 0.29) is 0 Å². The maximum absolute atomic E-state index is 6.28. The minimum Gasteiger partial charge on any atom is -0.366 e. The summed E-state index contributed by atoms with van der Waals surface area (Å²) in [4.78, 5) is 2.29. The number of rotatable bonds is 1. The number of halogens is 2. The lowest BCUT2D eigenvalue weighted by Crippen LogP contribution is -2.30. The molecule has 0 aliphatic carbocycles. The third kappa shape index (κ3) is 2.09. The zero-order valence-electron chi connectivity index (χ0n) is 9.87. The summed E-state index contributed by atoms with van der Waals surface area (Å²) in [5, 5.41) is 1.27. The van der Waals surface area contributed by atoms with Crippen molar-refractivity contribution in [2.75, 3.05) is 11.4 Å². The van der Waals surface area contributed by atoms with Crippen LogP contribution in [0.1, 0.15) is 11.1 Å². The molecule has 1 nitrogen and oxygen atoms in total. The first kappa shape index (κ1) is 11.9. The van der Waals surface area contributed by atoms with Crippen molar-refractivity contribution in [1.82, 2.24) is 0 Å². The molecule has 0 saturated carbocycles. The minimum absolute atomic E-state index is 0.619. The van der Waals surface area contributed by atoms with Crippen molar-refractivity contribution < 1.29 is 0 Å². The standard InChI is InChI=1S/C15H13Cl2N/c16-13-6-3-7-14(15(13)17)18-9-8-11-4-1-2-5-12(11)10-18/h1-7H,8-10H2. The van der Waals surface area contributed by atoms with E-state index >= 15 is 0 Å². The van der Waals surface area contributed by atoms with Crippen molar-refractivity contribution >= 4 is 28.9 Å². The van der Waals surface area contributed by atoms with Crippen molar-refractivity contribution in [3.63, 3.8) is 0 Å². The van der Waals surface area contributed by atoms with Gasteiger partial charge in [0.05, 0.1) is 15.7 Å². The molecule has 1 aliphatic heterocycles. The van der Waals surface area contributed by atoms with Crippen molar-refractivity contribution in [3.05, 3.63) is 63.6 Å². The fourth-order valence-corrected chi connectivity index (χ4v) is 2.85. The van der Waals surface area contributed by atoms with Gasteiger partial charge in [0.1, 0.15) is 0 Å². The molecule has 0 radical (unpaired) electrons. The molecule has 3 rings (SSSR count). The molecule has 2 aromatic rings. The smallest absolute Gasteiger partial charge is 0.0825 e. The van der Waals surface area contributed by atoms with Gasteiger partial charge in [-0.25, -0.2) is 0 Å². The minimum atomic E-state index is 0.619. The summed E-state index contributed by atoms with van der Waals surface area (Å²) < 4.78 is 0. The van der Waals surface area contributed by atoms with Gasteiger partial charge in [0.2, 0.25) is 0 Å². The molecule has 18 heavy (non-hydrogen) atoms. The van der Waals surface area contributed by atoms with Crippen molar-refractivity contribution in [2.45, 2.75) is 13.0 Å². The van der Waals surface area contributed by atoms with Gasteiger partial charge in [0.15, 0.2) is 0 Å². The van der Waals surface area contributed by atoms with Crippen LogP contribution in [0.3, 0.4) is 0 Å². The first-order valence-electron chi connectivity index (χ1n) is 6.01. The zero-order chi connectivity index (χ0) is 12.5. The molecule has 0 atom stereocenters. The summed E-state index contributed by atoms with van der Waals surface area (Å²) in [5.41, 5.74) is 3.84. The van der Waals surface area contributed by atoms with Gasteiger partial charge in [-0.15, -0.1) is 0 Å². The van der Waals surface area contributed by atoms with E-state index in [0.29, 0.717) is 10.0 Å². The van der Waals surface area contributed by atoms with E-state index < -0.39 is 0 Å². The lowest BCUT2D eigenvalue weighted by Gasteiger charge is -2.31. The molecule has 0 spiro atoms. The van der Waals surface area contributed by atoms with Gasteiger partial charge < -0.3 is 4.90 Å². The highest BCUT2D eigenvalue weighted by Gasteiger charge is 2.18. The molecule has 0 saturated heterocycles. The van der Waals surface area contributed by atoms with E-state index in [9.17, 15) is 0 Å². The number of nitrogens with zero attached hydrogens (tertiary/aromatic N) is 1. The van der Waals surface area contributed by atoms with Gasteiger partial charge in [-0.3, -0.25) is 0 Å². The van der Waals surface area contributed by atoms with E-state index in [4.69, 9.17) is 23.2 Å². The second-order valence-corrected chi connectivity index (χ2v) is 5.30. The molecule has 0 amide bonds. The highest BCUT2D eigenvalue weighted by atomic mass is 35.5. The van der Waals surface area contributed by atoms with Crippen LogP contribution in [0.25, 0.3) is 0 Å². The largest absolute Gasteiger partial charge is 0.366 e. The Morgan fingerprint density at radius 3 is 2.50 bits per heavy atom. The van der Waals surface area contributed by atoms with Gasteiger partial charge in [0, 0.05) is 13.1 Å². The summed E-state index contributed by atoms with van der Waals surface area (Å²) in [7, 11) is 0. The number of hydrogen-bond acceptors (Lipinski definition) is 1. The molecule has 0 bridgehead atoms. The third-order valence-electron chi connectivity index (χ3n) is 3.40. The topological polar surface area (TPSA) is 3.24 Å². The molecule has 2 aromatic carbocycles. The van der Waals surface area contributed by atoms with E-state index in [2.05, 4.69) is 29.2 Å². The zero-order valence-corrected chi connectivity index (χ0v) is 11.4. The predicted molar refractivity (Wildman–Crippen MR) is 77.7 cm³/mol. The molecule has 1 aliphatic rings. The van der Waals surface area contributed by atoms with Gasteiger partial charge in [-0.05, 0) is 29.7 Å². The normalized spacial score (nSPS) is 14.4. The lowest BCUT2D eigenvalue weighted by atomic mass is 9.99. The third-order valence-corrected chi connectivity index (χ3v) is 4.21. The van der Waals surface area contributed by atoms with E-state index in [1.807, 2.05) is 18.2 Å². The summed E-state index contributed by atoms with van der Waals surface area (Å²) in [5.74, 6) is 0. The Morgan fingerprint density at radius 1 is 0.889 bits per heavy atom. The number of fused-ring (bicyclic) bond motifs is 1. The second-order valence-electron chi connectivity index (χ2n) is 4.51. The monoisotopic (exact) mass is 277 g/mol. The average Bonchev–Trinajstić information content (AvgIpc) is 2.41. The Hall–Kier alpha value is -1.18. The van der Waals surface area contributed by atoms with Crippen LogP contribution in [0.4, 0.5) is 5.69 Å². The predicted octanol–water partition coefficient (Wildman–Crippen LogP) is 4.56. The van der Waals surface area contributed by atoms with Crippen molar-refractivity contribution in [1.29, 1.82) is 0 Å². The van der Waals surface area contributed by atoms with Gasteiger partial charge in [-0.1, -0.05) is 53.5 Å². The molecule has 0 fully saturated rings. The quantitative estimate of drug-likeness (QED) is 0.739. The van der Waals surface area contributed by atoms with Crippen LogP contribution in [0.15, 0.2) is 42.5 Å². The Balaban J connectivity index is 1.94. The van der Waals surface area contributed by atoms with Crippen LogP contribution < -0.4 is 4.90 Å². The van der Waals surface area contributed by atoms with Crippen LogP contribution in [0.5, 0.6) is 0 Å². The second kappa shape index (κ2) is 4.83. The Labute approximate surface area is 117 Å². The van der Waals surface area contributed by atoms with Crippen LogP contribution in [0, 0.1) is 0 Å². The van der Waals surface area contributed by atoms with E-state index in [1.165, 1.54) is 11.1 Å². The molecular weight excluding hydrogens is 265 g/mol. The molecule has 0 unspecified atom stereocenters. The van der Waals surface area contributed by atoms with Crippen molar-refractivity contribution in [3.8, 4) is 0 Å². The highest BCUT2D eigenvalue weighted by Crippen LogP contribution is 2.34. The van der Waals surface area contributed by atoms with E-state index in [0.717, 1.165) is 25.2 Å². The number of hydrogen-bond donors (Lipinski definition) is 0. The van der Waals surface area contributed by atoms with E-state index in [1.54, 1.807) is 0 Å². The molecular formula is C15H13Cl2N. The summed E-state index contributed by atoms with van der Waals surface area (Å²) in [6, 6.07) is 14.4. The maximum Gasteiger partial charge on any atom is 0.0825 e. The molecule has 3 heteroatoms. The van der Waals surface area contributed by atoms with Gasteiger partial charge in [-0.2, -0.15) is 0 Å². The molecule has 0 aromatic heterocycles. The molecule has 0 N–H and O–H groups in total. The first-order chi connectivity index (χ1) is 8.75. The molecule has 92 valence electrons. The van der Waals surface area contributed by atoms with Gasteiger partial charge in [0.25, 0.3) is 0 Å². The Morgan fingerprint density at radius 2 is 1.67 bits per heavy atom. The first-order valence-corrected chi connectivity index (χ1v) is 6.77. The highest BCUT2D eigenvalue weighted by molar-refractivity contribution is 6.43. The Bertz CT molecular complexity index is 580. The van der Waals surface area contributed by atoms with Crippen LogP contribution in [-0.4, -0.2) is 6.54 Å².